The van der Waals surface area contributed by atoms with Gasteiger partial charge in [-0.2, -0.15) is 9.61 Å². The Hall–Kier alpha value is -2.23. The van der Waals surface area contributed by atoms with Gasteiger partial charge in [-0.3, -0.25) is 0 Å². The number of benzene rings is 1. The maximum Gasteiger partial charge on any atom is 0.178 e. The van der Waals surface area contributed by atoms with Gasteiger partial charge in [0.25, 0.3) is 0 Å². The zero-order valence-electron chi connectivity index (χ0n) is 10.5. The average molecular weight is 238 g/mol. The van der Waals surface area contributed by atoms with Crippen molar-refractivity contribution in [3.05, 3.63) is 59.0 Å². The van der Waals surface area contributed by atoms with E-state index in [0.717, 1.165) is 23.6 Å². The first kappa shape index (κ1) is 10.9. The highest BCUT2D eigenvalue weighted by Crippen LogP contribution is 2.14. The highest BCUT2D eigenvalue weighted by Gasteiger charge is 2.07. The molecular weight excluding hydrogens is 224 g/mol. The third-order valence-corrected chi connectivity index (χ3v) is 3.08. The van der Waals surface area contributed by atoms with Gasteiger partial charge in [-0.25, -0.2) is 0 Å². The van der Waals surface area contributed by atoms with Crippen LogP contribution in [0, 0.1) is 13.8 Å². The SMILES string of the molecule is Cc1nn2c(C)nnc2cc1Cc1ccccc1. The van der Waals surface area contributed by atoms with Crippen molar-refractivity contribution in [1.29, 1.82) is 0 Å². The topological polar surface area (TPSA) is 43.1 Å². The summed E-state index contributed by atoms with van der Waals surface area (Å²) in [6.07, 6.45) is 0.877. The third kappa shape index (κ3) is 1.86. The van der Waals surface area contributed by atoms with Crippen LogP contribution in [0.4, 0.5) is 0 Å². The Kier molecular flexibility index (Phi) is 2.55. The lowest BCUT2D eigenvalue weighted by atomic mass is 10.0. The number of aromatic nitrogens is 4. The maximum absolute atomic E-state index is 4.52. The van der Waals surface area contributed by atoms with Gasteiger partial charge < -0.3 is 0 Å². The molecule has 3 aromatic rings. The molecule has 90 valence electrons. The lowest BCUT2D eigenvalue weighted by molar-refractivity contribution is 0.838. The van der Waals surface area contributed by atoms with Gasteiger partial charge in [0.05, 0.1) is 5.69 Å². The van der Waals surface area contributed by atoms with E-state index in [9.17, 15) is 0 Å². The van der Waals surface area contributed by atoms with Gasteiger partial charge >= 0.3 is 0 Å². The van der Waals surface area contributed by atoms with Crippen LogP contribution in [-0.2, 0) is 6.42 Å². The molecule has 2 aromatic heterocycles. The van der Waals surface area contributed by atoms with E-state index in [-0.39, 0.29) is 0 Å². The molecule has 0 fully saturated rings. The van der Waals surface area contributed by atoms with E-state index in [4.69, 9.17) is 0 Å². The second-order valence-corrected chi connectivity index (χ2v) is 4.43. The van der Waals surface area contributed by atoms with Crippen LogP contribution < -0.4 is 0 Å². The van der Waals surface area contributed by atoms with Crippen molar-refractivity contribution in [3.8, 4) is 0 Å². The highest BCUT2D eigenvalue weighted by atomic mass is 15.4. The molecule has 2 heterocycles. The Bertz CT molecular complexity index is 686. The number of hydrogen-bond acceptors (Lipinski definition) is 3. The van der Waals surface area contributed by atoms with Gasteiger partial charge in [0.2, 0.25) is 0 Å². The molecular formula is C14H14N4. The summed E-state index contributed by atoms with van der Waals surface area (Å²) in [5.74, 6) is 0.819. The summed E-state index contributed by atoms with van der Waals surface area (Å²) in [6.45, 7) is 3.93. The Morgan fingerprint density at radius 2 is 1.83 bits per heavy atom. The third-order valence-electron chi connectivity index (χ3n) is 3.08. The quantitative estimate of drug-likeness (QED) is 0.688. The minimum Gasteiger partial charge on any atom is -0.197 e. The first-order chi connectivity index (χ1) is 8.74. The minimum absolute atomic E-state index is 0.809. The van der Waals surface area contributed by atoms with E-state index >= 15 is 0 Å². The molecule has 0 N–H and O–H groups in total. The van der Waals surface area contributed by atoms with E-state index in [0.29, 0.717) is 0 Å². The molecule has 3 rings (SSSR count). The summed E-state index contributed by atoms with van der Waals surface area (Å²) >= 11 is 0. The molecule has 0 radical (unpaired) electrons. The Labute approximate surface area is 105 Å². The summed E-state index contributed by atoms with van der Waals surface area (Å²) in [7, 11) is 0. The van der Waals surface area contributed by atoms with Crippen molar-refractivity contribution in [3.63, 3.8) is 0 Å². The molecule has 1 aromatic carbocycles. The van der Waals surface area contributed by atoms with Gasteiger partial charge in [0, 0.05) is 0 Å². The van der Waals surface area contributed by atoms with Crippen molar-refractivity contribution in [2.75, 3.05) is 0 Å². The average Bonchev–Trinajstić information content (AvgIpc) is 2.73. The van der Waals surface area contributed by atoms with Gasteiger partial charge in [0.1, 0.15) is 0 Å². The molecule has 0 aliphatic carbocycles. The van der Waals surface area contributed by atoms with Gasteiger partial charge in [-0.1, -0.05) is 30.3 Å². The monoisotopic (exact) mass is 238 g/mol. The molecule has 0 saturated heterocycles. The fraction of sp³-hybridized carbons (Fsp3) is 0.214. The van der Waals surface area contributed by atoms with Gasteiger partial charge in [-0.15, -0.1) is 10.2 Å². The number of hydrogen-bond donors (Lipinski definition) is 0. The van der Waals surface area contributed by atoms with Crippen LogP contribution in [0.1, 0.15) is 22.6 Å². The molecule has 0 bridgehead atoms. The minimum atomic E-state index is 0.809. The standard InChI is InChI=1S/C14H14N4/c1-10-13(8-12-6-4-3-5-7-12)9-14-16-15-11(2)18(14)17-10/h3-7,9H,8H2,1-2H3. The molecule has 0 aliphatic rings. The van der Waals surface area contributed by atoms with Crippen LogP contribution in [0.15, 0.2) is 36.4 Å². The van der Waals surface area contributed by atoms with Gasteiger partial charge in [0.15, 0.2) is 11.5 Å². The summed E-state index contributed by atoms with van der Waals surface area (Å²) < 4.78 is 1.78. The van der Waals surface area contributed by atoms with E-state index in [1.807, 2.05) is 19.9 Å². The normalized spacial score (nSPS) is 11.0. The van der Waals surface area contributed by atoms with Crippen LogP contribution >= 0.6 is 0 Å². The second-order valence-electron chi connectivity index (χ2n) is 4.43. The predicted octanol–water partition coefficient (Wildman–Crippen LogP) is 2.33. The smallest absolute Gasteiger partial charge is 0.178 e. The fourth-order valence-electron chi connectivity index (χ4n) is 2.06. The zero-order valence-corrected chi connectivity index (χ0v) is 10.5. The molecule has 0 amide bonds. The van der Waals surface area contributed by atoms with Crippen molar-refractivity contribution in [1.82, 2.24) is 19.8 Å². The zero-order chi connectivity index (χ0) is 12.5. The summed E-state index contributed by atoms with van der Waals surface area (Å²) in [5, 5.41) is 12.7. The molecule has 0 aliphatic heterocycles. The maximum atomic E-state index is 4.52. The lowest BCUT2D eigenvalue weighted by Crippen LogP contribution is -2.02. The van der Waals surface area contributed by atoms with Gasteiger partial charge in [-0.05, 0) is 37.5 Å². The van der Waals surface area contributed by atoms with E-state index in [1.54, 1.807) is 4.52 Å². The Morgan fingerprint density at radius 1 is 1.06 bits per heavy atom. The van der Waals surface area contributed by atoms with Crippen molar-refractivity contribution >= 4 is 5.65 Å². The van der Waals surface area contributed by atoms with E-state index in [1.165, 1.54) is 11.1 Å². The molecule has 0 saturated carbocycles. The van der Waals surface area contributed by atoms with Crippen molar-refractivity contribution < 1.29 is 0 Å². The summed E-state index contributed by atoms with van der Waals surface area (Å²) in [4.78, 5) is 0. The molecule has 0 unspecified atom stereocenters. The van der Waals surface area contributed by atoms with Crippen LogP contribution in [0.2, 0.25) is 0 Å². The fourth-order valence-corrected chi connectivity index (χ4v) is 2.06. The van der Waals surface area contributed by atoms with Crippen LogP contribution in [0.3, 0.4) is 0 Å². The molecule has 4 heteroatoms. The van der Waals surface area contributed by atoms with E-state index < -0.39 is 0 Å². The largest absolute Gasteiger partial charge is 0.197 e. The van der Waals surface area contributed by atoms with Crippen molar-refractivity contribution in [2.24, 2.45) is 0 Å². The summed E-state index contributed by atoms with van der Waals surface area (Å²) in [5.41, 5.74) is 4.31. The molecule has 18 heavy (non-hydrogen) atoms. The predicted molar refractivity (Wildman–Crippen MR) is 69.5 cm³/mol. The first-order valence-corrected chi connectivity index (χ1v) is 5.96. The Morgan fingerprint density at radius 3 is 2.61 bits per heavy atom. The van der Waals surface area contributed by atoms with Crippen molar-refractivity contribution in [2.45, 2.75) is 20.3 Å². The van der Waals surface area contributed by atoms with Crippen LogP contribution in [-0.4, -0.2) is 19.8 Å². The number of rotatable bonds is 2. The second kappa shape index (κ2) is 4.22. The number of nitrogens with zero attached hydrogens (tertiary/aromatic N) is 4. The van der Waals surface area contributed by atoms with Crippen LogP contribution in [0.5, 0.6) is 0 Å². The lowest BCUT2D eigenvalue weighted by Gasteiger charge is -2.06. The first-order valence-electron chi connectivity index (χ1n) is 5.96. The number of fused-ring (bicyclic) bond motifs is 1. The molecule has 0 spiro atoms. The van der Waals surface area contributed by atoms with Crippen LogP contribution in [0.25, 0.3) is 5.65 Å². The Balaban J connectivity index is 2.04. The highest BCUT2D eigenvalue weighted by molar-refractivity contribution is 5.42. The number of aryl methyl sites for hydroxylation is 2. The molecule has 4 nitrogen and oxygen atoms in total. The summed E-state index contributed by atoms with van der Waals surface area (Å²) in [6, 6.07) is 12.4. The van der Waals surface area contributed by atoms with E-state index in [2.05, 4.69) is 45.6 Å². The molecule has 0 atom stereocenters.